The minimum Gasteiger partial charge on any atom is -0.348 e. The molecule has 16 heavy (non-hydrogen) atoms. The van der Waals surface area contributed by atoms with Crippen LogP contribution in [0.1, 0.15) is 33.6 Å². The largest absolute Gasteiger partial charge is 0.348 e. The quantitative estimate of drug-likeness (QED) is 0.858. The molecule has 0 atom stereocenters. The molecule has 0 aliphatic rings. The fourth-order valence-electron chi connectivity index (χ4n) is 1.58. The molecule has 1 N–H and O–H groups in total. The van der Waals surface area contributed by atoms with Crippen molar-refractivity contribution in [3.63, 3.8) is 0 Å². The predicted molar refractivity (Wildman–Crippen MR) is 65.6 cm³/mol. The lowest BCUT2D eigenvalue weighted by molar-refractivity contribution is 0.474. The molecule has 4 nitrogen and oxygen atoms in total. The zero-order chi connectivity index (χ0) is 11.6. The lowest BCUT2D eigenvalue weighted by Gasteiger charge is -2.27. The van der Waals surface area contributed by atoms with Crippen LogP contribution in [0.5, 0.6) is 0 Å². The summed E-state index contributed by atoms with van der Waals surface area (Å²) >= 11 is 0. The standard InChI is InChI=1S/C12H18N4/c1-4-12(3,5-2)14-11-13-10-8-6-7-9-16(10)15-11/h6-9H,4-5H2,1-3H3,(H,14,15). The number of pyridine rings is 1. The Morgan fingerprint density at radius 1 is 1.31 bits per heavy atom. The molecule has 0 saturated carbocycles. The molecular weight excluding hydrogens is 200 g/mol. The van der Waals surface area contributed by atoms with Gasteiger partial charge in [0.1, 0.15) is 0 Å². The molecule has 0 saturated heterocycles. The van der Waals surface area contributed by atoms with E-state index in [0.717, 1.165) is 18.5 Å². The molecule has 0 aliphatic heterocycles. The Morgan fingerprint density at radius 2 is 2.06 bits per heavy atom. The van der Waals surface area contributed by atoms with Crippen molar-refractivity contribution in [2.24, 2.45) is 0 Å². The van der Waals surface area contributed by atoms with Crippen molar-refractivity contribution < 1.29 is 0 Å². The Kier molecular flexibility index (Phi) is 2.81. The highest BCUT2D eigenvalue weighted by Gasteiger charge is 2.20. The molecule has 0 bridgehead atoms. The van der Waals surface area contributed by atoms with Crippen LogP contribution >= 0.6 is 0 Å². The van der Waals surface area contributed by atoms with Crippen LogP contribution in [0.4, 0.5) is 5.95 Å². The summed E-state index contributed by atoms with van der Waals surface area (Å²) in [7, 11) is 0. The summed E-state index contributed by atoms with van der Waals surface area (Å²) in [5.41, 5.74) is 0.949. The van der Waals surface area contributed by atoms with Gasteiger partial charge in [-0.3, -0.25) is 0 Å². The monoisotopic (exact) mass is 218 g/mol. The maximum atomic E-state index is 4.43. The van der Waals surface area contributed by atoms with Crippen LogP contribution in [0.3, 0.4) is 0 Å². The first-order chi connectivity index (χ1) is 7.67. The third-order valence-corrected chi connectivity index (χ3v) is 3.22. The molecule has 0 spiro atoms. The van der Waals surface area contributed by atoms with Crippen LogP contribution in [-0.2, 0) is 0 Å². The summed E-state index contributed by atoms with van der Waals surface area (Å²) in [6, 6.07) is 5.87. The molecule has 0 unspecified atom stereocenters. The maximum absolute atomic E-state index is 4.43. The number of rotatable bonds is 4. The van der Waals surface area contributed by atoms with Crippen LogP contribution in [0.2, 0.25) is 0 Å². The van der Waals surface area contributed by atoms with Gasteiger partial charge in [-0.15, -0.1) is 5.10 Å². The fourth-order valence-corrected chi connectivity index (χ4v) is 1.58. The summed E-state index contributed by atoms with van der Waals surface area (Å²) in [6.07, 6.45) is 4.01. The Hall–Kier alpha value is -1.58. The van der Waals surface area contributed by atoms with E-state index in [-0.39, 0.29) is 5.54 Å². The van der Waals surface area contributed by atoms with Crippen molar-refractivity contribution in [2.75, 3.05) is 5.32 Å². The Bertz CT molecular complexity index is 438. The van der Waals surface area contributed by atoms with E-state index < -0.39 is 0 Å². The van der Waals surface area contributed by atoms with Crippen LogP contribution in [0.25, 0.3) is 5.65 Å². The second kappa shape index (κ2) is 4.12. The van der Waals surface area contributed by atoms with Gasteiger partial charge in [-0.05, 0) is 31.9 Å². The summed E-state index contributed by atoms with van der Waals surface area (Å²) in [5, 5.41) is 7.79. The molecule has 0 fully saturated rings. The van der Waals surface area contributed by atoms with Gasteiger partial charge in [-0.1, -0.05) is 19.9 Å². The third kappa shape index (κ3) is 2.01. The second-order valence-electron chi connectivity index (χ2n) is 4.33. The number of nitrogens with one attached hydrogen (secondary N) is 1. The molecule has 0 aromatic carbocycles. The SMILES string of the molecule is CCC(C)(CC)Nc1nc2ccccn2n1. The van der Waals surface area contributed by atoms with Crippen LogP contribution < -0.4 is 5.32 Å². The minimum absolute atomic E-state index is 0.0743. The van der Waals surface area contributed by atoms with E-state index in [2.05, 4.69) is 36.2 Å². The first-order valence-corrected chi connectivity index (χ1v) is 5.76. The van der Waals surface area contributed by atoms with Gasteiger partial charge in [-0.2, -0.15) is 4.98 Å². The fraction of sp³-hybridized carbons (Fsp3) is 0.500. The van der Waals surface area contributed by atoms with Crippen LogP contribution in [0, 0.1) is 0 Å². The van der Waals surface area contributed by atoms with Crippen molar-refractivity contribution >= 4 is 11.6 Å². The van der Waals surface area contributed by atoms with E-state index in [1.165, 1.54) is 0 Å². The average molecular weight is 218 g/mol. The molecule has 86 valence electrons. The molecule has 2 aromatic heterocycles. The summed E-state index contributed by atoms with van der Waals surface area (Å²) < 4.78 is 1.79. The van der Waals surface area contributed by atoms with Gasteiger partial charge in [0, 0.05) is 11.7 Å². The second-order valence-corrected chi connectivity index (χ2v) is 4.33. The normalized spacial score (nSPS) is 11.9. The van der Waals surface area contributed by atoms with E-state index in [1.807, 2.05) is 24.4 Å². The van der Waals surface area contributed by atoms with E-state index in [0.29, 0.717) is 5.95 Å². The van der Waals surface area contributed by atoms with E-state index in [9.17, 15) is 0 Å². The Labute approximate surface area is 95.7 Å². The van der Waals surface area contributed by atoms with Gasteiger partial charge in [0.15, 0.2) is 5.65 Å². The van der Waals surface area contributed by atoms with Crippen molar-refractivity contribution in [3.05, 3.63) is 24.4 Å². The number of anilines is 1. The highest BCUT2D eigenvalue weighted by Crippen LogP contribution is 2.19. The van der Waals surface area contributed by atoms with Gasteiger partial charge in [0.05, 0.1) is 0 Å². The lowest BCUT2D eigenvalue weighted by atomic mass is 9.96. The van der Waals surface area contributed by atoms with Crippen molar-refractivity contribution in [1.29, 1.82) is 0 Å². The van der Waals surface area contributed by atoms with Gasteiger partial charge in [0.25, 0.3) is 0 Å². The molecule has 0 amide bonds. The van der Waals surface area contributed by atoms with Crippen molar-refractivity contribution in [3.8, 4) is 0 Å². The lowest BCUT2D eigenvalue weighted by Crippen LogP contribution is -2.33. The van der Waals surface area contributed by atoms with Gasteiger partial charge in [-0.25, -0.2) is 4.52 Å². The third-order valence-electron chi connectivity index (χ3n) is 3.22. The first kappa shape index (κ1) is 10.9. The number of hydrogen-bond acceptors (Lipinski definition) is 3. The predicted octanol–water partition coefficient (Wildman–Crippen LogP) is 2.72. The zero-order valence-corrected chi connectivity index (χ0v) is 10.1. The minimum atomic E-state index is 0.0743. The Morgan fingerprint density at radius 3 is 2.69 bits per heavy atom. The highest BCUT2D eigenvalue weighted by atomic mass is 15.4. The molecule has 0 radical (unpaired) electrons. The van der Waals surface area contributed by atoms with Crippen LogP contribution in [-0.4, -0.2) is 20.1 Å². The number of hydrogen-bond donors (Lipinski definition) is 1. The number of nitrogens with zero attached hydrogens (tertiary/aromatic N) is 3. The number of aromatic nitrogens is 3. The molecule has 2 aromatic rings. The van der Waals surface area contributed by atoms with Crippen molar-refractivity contribution in [2.45, 2.75) is 39.2 Å². The van der Waals surface area contributed by atoms with Crippen LogP contribution in [0.15, 0.2) is 24.4 Å². The number of fused-ring (bicyclic) bond motifs is 1. The van der Waals surface area contributed by atoms with Crippen molar-refractivity contribution in [1.82, 2.24) is 14.6 Å². The smallest absolute Gasteiger partial charge is 0.243 e. The van der Waals surface area contributed by atoms with E-state index >= 15 is 0 Å². The van der Waals surface area contributed by atoms with E-state index in [1.54, 1.807) is 4.52 Å². The summed E-state index contributed by atoms with van der Waals surface area (Å²) in [5.74, 6) is 0.706. The molecular formula is C12H18N4. The van der Waals surface area contributed by atoms with Gasteiger partial charge < -0.3 is 5.32 Å². The van der Waals surface area contributed by atoms with Gasteiger partial charge in [0.2, 0.25) is 5.95 Å². The maximum Gasteiger partial charge on any atom is 0.243 e. The molecule has 4 heteroatoms. The topological polar surface area (TPSA) is 42.2 Å². The average Bonchev–Trinajstić information content (AvgIpc) is 2.70. The summed E-state index contributed by atoms with van der Waals surface area (Å²) in [4.78, 5) is 4.43. The Balaban J connectivity index is 2.27. The molecule has 2 heterocycles. The van der Waals surface area contributed by atoms with Gasteiger partial charge >= 0.3 is 0 Å². The highest BCUT2D eigenvalue weighted by molar-refractivity contribution is 5.43. The van der Waals surface area contributed by atoms with E-state index in [4.69, 9.17) is 0 Å². The molecule has 0 aliphatic carbocycles. The summed E-state index contributed by atoms with van der Waals surface area (Å²) in [6.45, 7) is 6.54. The molecule has 2 rings (SSSR count). The zero-order valence-electron chi connectivity index (χ0n) is 10.1. The first-order valence-electron chi connectivity index (χ1n) is 5.76.